The number of phenols is 1. The Morgan fingerprint density at radius 1 is 0.973 bits per heavy atom. The Hall–Kier alpha value is -4.17. The van der Waals surface area contributed by atoms with Crippen molar-refractivity contribution < 1.29 is 34.0 Å². The van der Waals surface area contributed by atoms with Crippen molar-refractivity contribution in [2.75, 3.05) is 20.8 Å². The second-order valence-electron chi connectivity index (χ2n) is 8.28. The smallest absolute Gasteiger partial charge is 0.295 e. The van der Waals surface area contributed by atoms with E-state index in [-0.39, 0.29) is 40.0 Å². The number of carbonyl (C=O) groups excluding carboxylic acids is 2. The van der Waals surface area contributed by atoms with Gasteiger partial charge in [-0.1, -0.05) is 29.8 Å². The number of hydrogen-bond donors (Lipinski definition) is 2. The minimum Gasteiger partial charge on any atom is -0.507 e. The standard InChI is InChI=1S/C28H26ClNO7/c1-4-37-23-14-17(7-11-21(23)31)25-24(26(32)18-8-12-22(36-3)20(29)13-18)27(33)28(34)30(25)15-16-5-9-19(35-2)10-6-16/h5-14,25,31-32H,4,15H2,1-3H3/b26-24-. The molecule has 1 heterocycles. The summed E-state index contributed by atoms with van der Waals surface area (Å²) in [7, 11) is 3.02. The molecular formula is C28H26ClNO7. The molecule has 3 aromatic rings. The van der Waals surface area contributed by atoms with Crippen LogP contribution in [0.15, 0.2) is 66.2 Å². The molecule has 9 heteroatoms. The van der Waals surface area contributed by atoms with Crippen molar-refractivity contribution in [3.8, 4) is 23.0 Å². The highest BCUT2D eigenvalue weighted by atomic mass is 35.5. The number of rotatable bonds is 8. The fraction of sp³-hybridized carbons (Fsp3) is 0.214. The molecule has 1 amide bonds. The number of aromatic hydroxyl groups is 1. The van der Waals surface area contributed by atoms with Crippen LogP contribution in [-0.4, -0.2) is 47.6 Å². The second kappa shape index (κ2) is 10.8. The summed E-state index contributed by atoms with van der Waals surface area (Å²) in [6.45, 7) is 2.16. The third-order valence-electron chi connectivity index (χ3n) is 6.08. The van der Waals surface area contributed by atoms with E-state index in [1.807, 2.05) is 0 Å². The first-order chi connectivity index (χ1) is 17.8. The number of aliphatic hydroxyl groups excluding tert-OH is 1. The van der Waals surface area contributed by atoms with Gasteiger partial charge in [0.1, 0.15) is 17.3 Å². The molecule has 1 aliphatic heterocycles. The monoisotopic (exact) mass is 523 g/mol. The molecule has 0 spiro atoms. The van der Waals surface area contributed by atoms with Crippen LogP contribution in [0.25, 0.3) is 5.76 Å². The lowest BCUT2D eigenvalue weighted by molar-refractivity contribution is -0.140. The van der Waals surface area contributed by atoms with Gasteiger partial charge in [-0.3, -0.25) is 9.59 Å². The van der Waals surface area contributed by atoms with Crippen LogP contribution < -0.4 is 14.2 Å². The van der Waals surface area contributed by atoms with Crippen LogP contribution in [-0.2, 0) is 16.1 Å². The van der Waals surface area contributed by atoms with Gasteiger partial charge in [-0.25, -0.2) is 0 Å². The molecule has 3 aromatic carbocycles. The Morgan fingerprint density at radius 3 is 2.32 bits per heavy atom. The number of nitrogens with zero attached hydrogens (tertiary/aromatic N) is 1. The van der Waals surface area contributed by atoms with Crippen LogP contribution in [0.1, 0.15) is 29.7 Å². The van der Waals surface area contributed by atoms with Gasteiger partial charge in [-0.2, -0.15) is 0 Å². The SMILES string of the molecule is CCOc1cc(C2/C(=C(/O)c3ccc(OC)c(Cl)c3)C(=O)C(=O)N2Cc2ccc(OC)cc2)ccc1O. The van der Waals surface area contributed by atoms with E-state index in [2.05, 4.69) is 0 Å². The number of amides is 1. The lowest BCUT2D eigenvalue weighted by atomic mass is 9.94. The number of halogens is 1. The van der Waals surface area contributed by atoms with Crippen LogP contribution in [0.2, 0.25) is 5.02 Å². The second-order valence-corrected chi connectivity index (χ2v) is 8.69. The topological polar surface area (TPSA) is 106 Å². The molecule has 8 nitrogen and oxygen atoms in total. The third kappa shape index (κ3) is 5.06. The van der Waals surface area contributed by atoms with Gasteiger partial charge in [0.05, 0.1) is 37.5 Å². The molecule has 1 unspecified atom stereocenters. The summed E-state index contributed by atoms with van der Waals surface area (Å²) in [5.41, 5.74) is 1.38. The van der Waals surface area contributed by atoms with E-state index < -0.39 is 17.7 Å². The van der Waals surface area contributed by atoms with Crippen molar-refractivity contribution in [2.45, 2.75) is 19.5 Å². The summed E-state index contributed by atoms with van der Waals surface area (Å²) in [6.07, 6.45) is 0. The Bertz CT molecular complexity index is 1370. The highest BCUT2D eigenvalue weighted by Crippen LogP contribution is 2.43. The van der Waals surface area contributed by atoms with Crippen LogP contribution in [0, 0.1) is 0 Å². The number of likely N-dealkylation sites (tertiary alicyclic amines) is 1. The molecule has 0 aromatic heterocycles. The fourth-order valence-electron chi connectivity index (χ4n) is 4.26. The summed E-state index contributed by atoms with van der Waals surface area (Å²) in [5, 5.41) is 21.8. The molecule has 192 valence electrons. The van der Waals surface area contributed by atoms with Gasteiger partial charge in [0.15, 0.2) is 11.5 Å². The molecular weight excluding hydrogens is 498 g/mol. The van der Waals surface area contributed by atoms with Crippen LogP contribution in [0.3, 0.4) is 0 Å². The van der Waals surface area contributed by atoms with Crippen molar-refractivity contribution >= 4 is 29.1 Å². The van der Waals surface area contributed by atoms with Crippen molar-refractivity contribution in [1.29, 1.82) is 0 Å². The molecule has 0 bridgehead atoms. The molecule has 37 heavy (non-hydrogen) atoms. The van der Waals surface area contributed by atoms with E-state index in [9.17, 15) is 19.8 Å². The van der Waals surface area contributed by atoms with Gasteiger partial charge >= 0.3 is 0 Å². The molecule has 0 aliphatic carbocycles. The van der Waals surface area contributed by atoms with E-state index in [1.54, 1.807) is 62.6 Å². The zero-order valence-corrected chi connectivity index (χ0v) is 21.3. The maximum absolute atomic E-state index is 13.3. The largest absolute Gasteiger partial charge is 0.507 e. The average Bonchev–Trinajstić information content (AvgIpc) is 3.15. The van der Waals surface area contributed by atoms with Gasteiger partial charge in [-0.05, 0) is 60.5 Å². The van der Waals surface area contributed by atoms with Gasteiger partial charge in [0.25, 0.3) is 11.7 Å². The summed E-state index contributed by atoms with van der Waals surface area (Å²) in [5.74, 6) is -0.825. The first kappa shape index (κ1) is 25.9. The number of benzene rings is 3. The maximum Gasteiger partial charge on any atom is 0.295 e. The van der Waals surface area contributed by atoms with Gasteiger partial charge in [-0.15, -0.1) is 0 Å². The van der Waals surface area contributed by atoms with E-state index >= 15 is 0 Å². The first-order valence-corrected chi connectivity index (χ1v) is 11.9. The molecule has 0 radical (unpaired) electrons. The minimum atomic E-state index is -0.956. The normalized spacial score (nSPS) is 16.6. The Labute approximate surface area is 219 Å². The molecule has 1 aliphatic rings. The predicted molar refractivity (Wildman–Crippen MR) is 138 cm³/mol. The van der Waals surface area contributed by atoms with Crippen LogP contribution >= 0.6 is 11.6 Å². The fourth-order valence-corrected chi connectivity index (χ4v) is 4.52. The molecule has 1 fully saturated rings. The average molecular weight is 524 g/mol. The van der Waals surface area contributed by atoms with Gasteiger partial charge in [0.2, 0.25) is 0 Å². The lowest BCUT2D eigenvalue weighted by Crippen LogP contribution is -2.29. The summed E-state index contributed by atoms with van der Waals surface area (Å²) < 4.78 is 15.9. The van der Waals surface area contributed by atoms with Crippen LogP contribution in [0.5, 0.6) is 23.0 Å². The summed E-state index contributed by atoms with van der Waals surface area (Å²) in [6, 6.07) is 15.3. The first-order valence-electron chi connectivity index (χ1n) is 11.5. The van der Waals surface area contributed by atoms with Crippen molar-refractivity contribution in [3.05, 3.63) is 87.9 Å². The van der Waals surface area contributed by atoms with E-state index in [0.717, 1.165) is 5.56 Å². The third-order valence-corrected chi connectivity index (χ3v) is 6.37. The molecule has 1 saturated heterocycles. The number of Topliss-reactive ketones (excluding diaryl/α,β-unsaturated/α-hetero) is 1. The number of phenolic OH excluding ortho intramolecular Hbond substituents is 1. The Morgan fingerprint density at radius 2 is 1.70 bits per heavy atom. The molecule has 1 atom stereocenters. The number of ketones is 1. The van der Waals surface area contributed by atoms with Crippen LogP contribution in [0.4, 0.5) is 0 Å². The number of methoxy groups -OCH3 is 2. The number of hydrogen-bond acceptors (Lipinski definition) is 7. The quantitative estimate of drug-likeness (QED) is 0.241. The summed E-state index contributed by atoms with van der Waals surface area (Å²) >= 11 is 6.26. The van der Waals surface area contributed by atoms with Crippen molar-refractivity contribution in [1.82, 2.24) is 4.90 Å². The number of aliphatic hydroxyl groups is 1. The number of carbonyl (C=O) groups is 2. The van der Waals surface area contributed by atoms with Gasteiger partial charge < -0.3 is 29.3 Å². The Balaban J connectivity index is 1.87. The molecule has 0 saturated carbocycles. The van der Waals surface area contributed by atoms with E-state index in [1.165, 1.54) is 24.1 Å². The zero-order valence-electron chi connectivity index (χ0n) is 20.5. The predicted octanol–water partition coefficient (Wildman–Crippen LogP) is 5.08. The molecule has 2 N–H and O–H groups in total. The zero-order chi connectivity index (χ0) is 26.7. The van der Waals surface area contributed by atoms with E-state index in [0.29, 0.717) is 23.7 Å². The maximum atomic E-state index is 13.3. The highest BCUT2D eigenvalue weighted by molar-refractivity contribution is 6.46. The highest BCUT2D eigenvalue weighted by Gasteiger charge is 2.46. The molecule has 4 rings (SSSR count). The van der Waals surface area contributed by atoms with Crippen molar-refractivity contribution in [3.63, 3.8) is 0 Å². The number of ether oxygens (including phenoxy) is 3. The van der Waals surface area contributed by atoms with E-state index in [4.69, 9.17) is 25.8 Å². The van der Waals surface area contributed by atoms with Gasteiger partial charge in [0, 0.05) is 12.1 Å². The minimum absolute atomic E-state index is 0.0837. The lowest BCUT2D eigenvalue weighted by Gasteiger charge is -2.26. The van der Waals surface area contributed by atoms with Crippen molar-refractivity contribution in [2.24, 2.45) is 0 Å². The Kier molecular flexibility index (Phi) is 7.59. The summed E-state index contributed by atoms with van der Waals surface area (Å²) in [4.78, 5) is 28.0.